The monoisotopic (exact) mass is 468 g/mol. The molecule has 1 amide bonds. The van der Waals surface area contributed by atoms with Crippen molar-refractivity contribution in [2.24, 2.45) is 0 Å². The minimum absolute atomic E-state index is 0.147. The van der Waals surface area contributed by atoms with Crippen molar-refractivity contribution in [1.82, 2.24) is 29.4 Å². The quantitative estimate of drug-likeness (QED) is 0.457. The minimum Gasteiger partial charge on any atom is -0.337 e. The maximum atomic E-state index is 13.9. The fourth-order valence-electron chi connectivity index (χ4n) is 5.42. The van der Waals surface area contributed by atoms with E-state index < -0.39 is 0 Å². The lowest BCUT2D eigenvalue weighted by Gasteiger charge is -2.32. The van der Waals surface area contributed by atoms with Gasteiger partial charge in [-0.2, -0.15) is 9.78 Å². The molecule has 1 atom stereocenters. The van der Waals surface area contributed by atoms with Crippen LogP contribution in [-0.4, -0.2) is 48.4 Å². The third-order valence-electron chi connectivity index (χ3n) is 7.22. The molecule has 1 fully saturated rings. The van der Waals surface area contributed by atoms with E-state index in [1.165, 1.54) is 11.1 Å². The first-order valence-corrected chi connectivity index (χ1v) is 12.5. The summed E-state index contributed by atoms with van der Waals surface area (Å²) < 4.78 is 3.63. The van der Waals surface area contributed by atoms with Gasteiger partial charge >= 0.3 is 0 Å². The number of benzene rings is 2. The van der Waals surface area contributed by atoms with Crippen LogP contribution in [0, 0.1) is 0 Å². The van der Waals surface area contributed by atoms with Gasteiger partial charge in [0.25, 0.3) is 11.5 Å². The maximum Gasteiger partial charge on any atom is 0.279 e. The molecule has 0 spiro atoms. The van der Waals surface area contributed by atoms with Gasteiger partial charge in [0.05, 0.1) is 11.1 Å². The van der Waals surface area contributed by atoms with Crippen LogP contribution in [0.3, 0.4) is 0 Å². The fourth-order valence-corrected chi connectivity index (χ4v) is 5.42. The number of aromatic nitrogens is 5. The standard InChI is InChI=1S/C27H28N6O2/c34-26-22-14-7-6-13-21(22)24(30-33(26)20-11-3-1-4-12-20)27(35)31-16-9-10-19(18-31)25-29-28-23-15-5-2-8-17-32(23)25/h1,3-4,6-7,11-14,19H,2,5,8-10,15-18H2/t19-/m0/s1. The first kappa shape index (κ1) is 21.7. The van der Waals surface area contributed by atoms with E-state index in [0.717, 1.165) is 50.3 Å². The number of hydrogen-bond donors (Lipinski definition) is 0. The summed E-state index contributed by atoms with van der Waals surface area (Å²) in [7, 11) is 0. The third-order valence-corrected chi connectivity index (χ3v) is 7.22. The number of carbonyl (C=O) groups excluding carboxylic acids is 1. The zero-order chi connectivity index (χ0) is 23.8. The lowest BCUT2D eigenvalue weighted by atomic mass is 9.96. The number of rotatable bonds is 3. The Morgan fingerprint density at radius 3 is 2.51 bits per heavy atom. The first-order chi connectivity index (χ1) is 17.2. The highest BCUT2D eigenvalue weighted by molar-refractivity contribution is 6.04. The van der Waals surface area contributed by atoms with Gasteiger partial charge < -0.3 is 9.47 Å². The normalized spacial score (nSPS) is 18.3. The molecule has 4 heterocycles. The molecule has 2 aromatic carbocycles. The van der Waals surface area contributed by atoms with Crippen LogP contribution in [0.4, 0.5) is 0 Å². The number of piperidine rings is 1. The Morgan fingerprint density at radius 2 is 1.66 bits per heavy atom. The molecule has 0 N–H and O–H groups in total. The van der Waals surface area contributed by atoms with Gasteiger partial charge in [-0.3, -0.25) is 9.59 Å². The van der Waals surface area contributed by atoms with Gasteiger partial charge in [-0.05, 0) is 43.9 Å². The highest BCUT2D eigenvalue weighted by Crippen LogP contribution is 2.29. The van der Waals surface area contributed by atoms with Crippen molar-refractivity contribution in [3.8, 4) is 5.69 Å². The van der Waals surface area contributed by atoms with Crippen molar-refractivity contribution in [1.29, 1.82) is 0 Å². The van der Waals surface area contributed by atoms with E-state index in [0.29, 0.717) is 35.2 Å². The largest absolute Gasteiger partial charge is 0.337 e. The van der Waals surface area contributed by atoms with Crippen molar-refractivity contribution >= 4 is 16.7 Å². The van der Waals surface area contributed by atoms with E-state index in [1.54, 1.807) is 6.07 Å². The number of hydrogen-bond acceptors (Lipinski definition) is 5. The fraction of sp³-hybridized carbons (Fsp3) is 0.370. The van der Waals surface area contributed by atoms with E-state index in [2.05, 4.69) is 19.9 Å². The summed E-state index contributed by atoms with van der Waals surface area (Å²) in [5, 5.41) is 14.7. The van der Waals surface area contributed by atoms with Gasteiger partial charge in [-0.15, -0.1) is 10.2 Å². The predicted molar refractivity (Wildman–Crippen MR) is 133 cm³/mol. The van der Waals surface area contributed by atoms with Gasteiger partial charge in [0, 0.05) is 37.4 Å². The topological polar surface area (TPSA) is 85.9 Å². The second-order valence-electron chi connectivity index (χ2n) is 9.47. The minimum atomic E-state index is -0.231. The molecule has 4 aromatic rings. The Bertz CT molecular complexity index is 1440. The van der Waals surface area contributed by atoms with Crippen LogP contribution in [-0.2, 0) is 13.0 Å². The Hall–Kier alpha value is -3.81. The number of carbonyl (C=O) groups is 1. The Labute approximate surface area is 203 Å². The highest BCUT2D eigenvalue weighted by Gasteiger charge is 2.31. The van der Waals surface area contributed by atoms with Crippen LogP contribution < -0.4 is 5.56 Å². The van der Waals surface area contributed by atoms with Crippen LogP contribution in [0.2, 0.25) is 0 Å². The van der Waals surface area contributed by atoms with Crippen LogP contribution in [0.15, 0.2) is 59.4 Å². The molecule has 178 valence electrons. The predicted octanol–water partition coefficient (Wildman–Crippen LogP) is 3.72. The molecule has 35 heavy (non-hydrogen) atoms. The molecule has 0 saturated carbocycles. The molecule has 2 aromatic heterocycles. The molecule has 0 radical (unpaired) electrons. The molecule has 2 aliphatic heterocycles. The van der Waals surface area contributed by atoms with Crippen LogP contribution in [0.25, 0.3) is 16.5 Å². The first-order valence-electron chi connectivity index (χ1n) is 12.5. The molecule has 8 nitrogen and oxygen atoms in total. The highest BCUT2D eigenvalue weighted by atomic mass is 16.2. The second kappa shape index (κ2) is 9.09. The van der Waals surface area contributed by atoms with Gasteiger partial charge in [0.1, 0.15) is 11.6 Å². The summed E-state index contributed by atoms with van der Waals surface area (Å²) in [6.07, 6.45) is 6.37. The van der Waals surface area contributed by atoms with E-state index in [-0.39, 0.29) is 17.4 Å². The lowest BCUT2D eigenvalue weighted by Crippen LogP contribution is -2.41. The Balaban J connectivity index is 1.37. The Kier molecular flexibility index (Phi) is 5.64. The van der Waals surface area contributed by atoms with E-state index in [9.17, 15) is 9.59 Å². The Morgan fingerprint density at radius 1 is 0.857 bits per heavy atom. The zero-order valence-corrected chi connectivity index (χ0v) is 19.6. The van der Waals surface area contributed by atoms with Crippen molar-refractivity contribution in [2.45, 2.75) is 51.0 Å². The summed E-state index contributed by atoms with van der Waals surface area (Å²) >= 11 is 0. The van der Waals surface area contributed by atoms with E-state index >= 15 is 0 Å². The molecule has 6 rings (SSSR count). The van der Waals surface area contributed by atoms with Gasteiger partial charge in [0.15, 0.2) is 5.69 Å². The summed E-state index contributed by atoms with van der Waals surface area (Å²) in [6.45, 7) is 2.20. The number of likely N-dealkylation sites (tertiary alicyclic amines) is 1. The number of nitrogens with zero attached hydrogens (tertiary/aromatic N) is 6. The zero-order valence-electron chi connectivity index (χ0n) is 19.6. The average Bonchev–Trinajstić information content (AvgIpc) is 3.17. The van der Waals surface area contributed by atoms with E-state index in [4.69, 9.17) is 0 Å². The van der Waals surface area contributed by atoms with Gasteiger partial charge in [-0.1, -0.05) is 42.8 Å². The summed E-state index contributed by atoms with van der Waals surface area (Å²) in [4.78, 5) is 29.0. The molecular weight excluding hydrogens is 440 g/mol. The van der Waals surface area contributed by atoms with Crippen molar-refractivity contribution in [2.75, 3.05) is 13.1 Å². The van der Waals surface area contributed by atoms with E-state index in [1.807, 2.05) is 53.4 Å². The van der Waals surface area contributed by atoms with Crippen molar-refractivity contribution in [3.05, 3.63) is 82.3 Å². The summed E-state index contributed by atoms with van der Waals surface area (Å²) in [5.74, 6) is 2.08. The SMILES string of the molecule is O=C(c1nn(-c2ccccc2)c(=O)c2ccccc12)N1CCC[C@H](c2nnc3n2CCCCC3)C1. The third kappa shape index (κ3) is 3.92. The van der Waals surface area contributed by atoms with Gasteiger partial charge in [0.2, 0.25) is 0 Å². The lowest BCUT2D eigenvalue weighted by molar-refractivity contribution is 0.0697. The van der Waals surface area contributed by atoms with Crippen LogP contribution in [0.5, 0.6) is 0 Å². The molecule has 8 heteroatoms. The number of fused-ring (bicyclic) bond motifs is 2. The van der Waals surface area contributed by atoms with Crippen molar-refractivity contribution in [3.63, 3.8) is 0 Å². The molecule has 0 bridgehead atoms. The smallest absolute Gasteiger partial charge is 0.279 e. The molecule has 1 saturated heterocycles. The second-order valence-corrected chi connectivity index (χ2v) is 9.47. The summed E-state index contributed by atoms with van der Waals surface area (Å²) in [5.41, 5.74) is 0.718. The molecule has 0 aliphatic carbocycles. The number of amides is 1. The number of para-hydroxylation sites is 1. The molecule has 0 unspecified atom stereocenters. The summed E-state index contributed by atoms with van der Waals surface area (Å²) in [6, 6.07) is 16.5. The van der Waals surface area contributed by atoms with Crippen LogP contribution in [0.1, 0.15) is 60.2 Å². The van der Waals surface area contributed by atoms with Gasteiger partial charge in [-0.25, -0.2) is 0 Å². The maximum absolute atomic E-state index is 13.9. The number of aryl methyl sites for hydroxylation is 1. The van der Waals surface area contributed by atoms with Crippen molar-refractivity contribution < 1.29 is 4.79 Å². The average molecular weight is 469 g/mol. The molecular formula is C27H28N6O2. The molecule has 2 aliphatic rings. The van der Waals surface area contributed by atoms with Crippen LogP contribution >= 0.6 is 0 Å².